The first-order valence-corrected chi connectivity index (χ1v) is 5.00. The molecule has 0 aliphatic carbocycles. The number of amides is 1. The monoisotopic (exact) mass is 210 g/mol. The Balaban J connectivity index is 1.80. The molecule has 82 valence electrons. The van der Waals surface area contributed by atoms with Crippen LogP contribution in [0.25, 0.3) is 0 Å². The highest BCUT2D eigenvalue weighted by atomic mass is 16.7. The molecule has 15 heavy (non-hydrogen) atoms. The summed E-state index contributed by atoms with van der Waals surface area (Å²) in [5.74, 6) is 1.19. The summed E-state index contributed by atoms with van der Waals surface area (Å²) in [6.07, 6.45) is 2.53. The van der Waals surface area contributed by atoms with E-state index in [0.29, 0.717) is 11.8 Å². The Morgan fingerprint density at radius 3 is 2.53 bits per heavy atom. The van der Waals surface area contributed by atoms with Crippen molar-refractivity contribution in [3.8, 4) is 0 Å². The minimum absolute atomic E-state index is 0.386. The number of rotatable bonds is 2. The average Bonchev–Trinajstić information content (AvgIpc) is 2.52. The van der Waals surface area contributed by atoms with Gasteiger partial charge in [0.25, 0.3) is 0 Å². The zero-order valence-corrected chi connectivity index (χ0v) is 8.83. The number of hydrogen-bond donors (Lipinski definition) is 0. The largest absolute Gasteiger partial charge is 0.437 e. The minimum Gasteiger partial charge on any atom is -0.306 e. The molecule has 2 rings (SSSR count). The molecule has 0 saturated carbocycles. The molecule has 1 amide bonds. The lowest BCUT2D eigenvalue weighted by atomic mass is 9.89. The molecule has 2 heterocycles. The van der Waals surface area contributed by atoms with Crippen LogP contribution in [0.4, 0.5) is 4.79 Å². The van der Waals surface area contributed by atoms with Crippen molar-refractivity contribution in [2.45, 2.75) is 13.8 Å². The lowest BCUT2D eigenvalue weighted by Gasteiger charge is -2.39. The average molecular weight is 210 g/mol. The van der Waals surface area contributed by atoms with Gasteiger partial charge in [-0.1, -0.05) is 13.8 Å². The molecule has 0 unspecified atom stereocenters. The molecule has 1 aliphatic rings. The van der Waals surface area contributed by atoms with E-state index in [1.54, 1.807) is 4.90 Å². The number of carbonyl (C=O) groups excluding carboxylic acids is 1. The van der Waals surface area contributed by atoms with Crippen molar-refractivity contribution in [2.75, 3.05) is 13.1 Å². The summed E-state index contributed by atoms with van der Waals surface area (Å²) in [6, 6.07) is 0. The summed E-state index contributed by atoms with van der Waals surface area (Å²) in [5, 5.41) is 7.37. The Kier molecular flexibility index (Phi) is 2.57. The lowest BCUT2D eigenvalue weighted by molar-refractivity contribution is 0.0177. The fourth-order valence-electron chi connectivity index (χ4n) is 1.46. The highest BCUT2D eigenvalue weighted by Crippen LogP contribution is 2.23. The van der Waals surface area contributed by atoms with Crippen LogP contribution < -0.4 is 4.84 Å². The minimum atomic E-state index is -0.386. The predicted molar refractivity (Wildman–Crippen MR) is 51.9 cm³/mol. The van der Waals surface area contributed by atoms with Gasteiger partial charge in [0.2, 0.25) is 0 Å². The van der Waals surface area contributed by atoms with Crippen molar-refractivity contribution in [1.82, 2.24) is 20.1 Å². The fourth-order valence-corrected chi connectivity index (χ4v) is 1.46. The molecule has 0 radical (unpaired) electrons. The van der Waals surface area contributed by atoms with Gasteiger partial charge < -0.3 is 4.90 Å². The second-order valence-corrected chi connectivity index (χ2v) is 4.05. The summed E-state index contributed by atoms with van der Waals surface area (Å²) in [5.41, 5.74) is 0. The molecule has 1 aromatic heterocycles. The van der Waals surface area contributed by atoms with Crippen LogP contribution in [0.15, 0.2) is 12.4 Å². The molecule has 1 fully saturated rings. The maximum Gasteiger partial charge on any atom is 0.437 e. The van der Waals surface area contributed by atoms with Crippen LogP contribution in [-0.4, -0.2) is 39.2 Å². The number of nitrogens with zero attached hydrogens (tertiary/aromatic N) is 4. The molecule has 0 atom stereocenters. The number of carbonyl (C=O) groups is 1. The van der Waals surface area contributed by atoms with E-state index in [1.807, 2.05) is 0 Å². The van der Waals surface area contributed by atoms with Gasteiger partial charge in [0.05, 0.1) is 12.4 Å². The SMILES string of the molecule is CC(C)C1CN(C(=O)On2nccn2)C1. The lowest BCUT2D eigenvalue weighted by Crippen LogP contribution is -2.54. The van der Waals surface area contributed by atoms with Gasteiger partial charge in [-0.25, -0.2) is 4.79 Å². The van der Waals surface area contributed by atoms with Gasteiger partial charge in [0, 0.05) is 18.0 Å². The first-order chi connectivity index (χ1) is 7.16. The van der Waals surface area contributed by atoms with Crippen molar-refractivity contribution in [3.05, 3.63) is 12.4 Å². The molecule has 6 heteroatoms. The molecular weight excluding hydrogens is 196 g/mol. The van der Waals surface area contributed by atoms with E-state index in [0.717, 1.165) is 18.0 Å². The van der Waals surface area contributed by atoms with Gasteiger partial charge >= 0.3 is 6.09 Å². The molecular formula is C9H14N4O2. The van der Waals surface area contributed by atoms with Gasteiger partial charge in [-0.2, -0.15) is 0 Å². The van der Waals surface area contributed by atoms with Crippen LogP contribution in [0.5, 0.6) is 0 Å². The van der Waals surface area contributed by atoms with Crippen LogP contribution in [0, 0.1) is 11.8 Å². The second-order valence-electron chi connectivity index (χ2n) is 4.05. The van der Waals surface area contributed by atoms with Gasteiger partial charge in [0.1, 0.15) is 0 Å². The smallest absolute Gasteiger partial charge is 0.306 e. The van der Waals surface area contributed by atoms with E-state index in [1.165, 1.54) is 12.4 Å². The Labute approximate surface area is 87.8 Å². The highest BCUT2D eigenvalue weighted by Gasteiger charge is 2.34. The molecule has 0 N–H and O–H groups in total. The van der Waals surface area contributed by atoms with E-state index in [-0.39, 0.29) is 6.09 Å². The summed E-state index contributed by atoms with van der Waals surface area (Å²) in [7, 11) is 0. The van der Waals surface area contributed by atoms with E-state index in [4.69, 9.17) is 4.84 Å². The molecule has 0 spiro atoms. The van der Waals surface area contributed by atoms with Crippen LogP contribution in [0.1, 0.15) is 13.8 Å². The van der Waals surface area contributed by atoms with E-state index >= 15 is 0 Å². The molecule has 0 bridgehead atoms. The van der Waals surface area contributed by atoms with Crippen LogP contribution in [0.3, 0.4) is 0 Å². The Morgan fingerprint density at radius 1 is 1.40 bits per heavy atom. The first kappa shape index (κ1) is 9.95. The quantitative estimate of drug-likeness (QED) is 0.709. The van der Waals surface area contributed by atoms with E-state index in [9.17, 15) is 4.79 Å². The van der Waals surface area contributed by atoms with Crippen molar-refractivity contribution in [2.24, 2.45) is 11.8 Å². The maximum atomic E-state index is 11.5. The third-order valence-electron chi connectivity index (χ3n) is 2.67. The van der Waals surface area contributed by atoms with Gasteiger partial charge in [0.15, 0.2) is 0 Å². The molecule has 1 aliphatic heterocycles. The third kappa shape index (κ3) is 2.08. The second kappa shape index (κ2) is 3.88. The standard InChI is InChI=1S/C9H14N4O2/c1-7(2)8-5-12(6-8)9(14)15-13-10-3-4-11-13/h3-4,7-8H,5-6H2,1-2H3. The highest BCUT2D eigenvalue weighted by molar-refractivity contribution is 5.68. The molecule has 0 aromatic carbocycles. The van der Waals surface area contributed by atoms with Gasteiger partial charge in [-0.05, 0) is 11.8 Å². The molecule has 1 aromatic rings. The van der Waals surface area contributed by atoms with Gasteiger partial charge in [-0.3, -0.25) is 4.84 Å². The predicted octanol–water partition coefficient (Wildman–Crippen LogP) is 0.414. The van der Waals surface area contributed by atoms with Crippen molar-refractivity contribution in [3.63, 3.8) is 0 Å². The molecule has 6 nitrogen and oxygen atoms in total. The zero-order valence-electron chi connectivity index (χ0n) is 8.83. The van der Waals surface area contributed by atoms with Crippen molar-refractivity contribution in [1.29, 1.82) is 0 Å². The Morgan fingerprint density at radius 2 is 2.00 bits per heavy atom. The zero-order chi connectivity index (χ0) is 10.8. The third-order valence-corrected chi connectivity index (χ3v) is 2.67. The maximum absolute atomic E-state index is 11.5. The van der Waals surface area contributed by atoms with E-state index in [2.05, 4.69) is 24.0 Å². The summed E-state index contributed by atoms with van der Waals surface area (Å²) in [4.78, 5) is 18.9. The van der Waals surface area contributed by atoms with Crippen LogP contribution >= 0.6 is 0 Å². The fraction of sp³-hybridized carbons (Fsp3) is 0.667. The van der Waals surface area contributed by atoms with Crippen molar-refractivity contribution < 1.29 is 9.63 Å². The van der Waals surface area contributed by atoms with Crippen LogP contribution in [-0.2, 0) is 0 Å². The Bertz CT molecular complexity index is 330. The van der Waals surface area contributed by atoms with Crippen molar-refractivity contribution >= 4 is 6.09 Å². The summed E-state index contributed by atoms with van der Waals surface area (Å²) in [6.45, 7) is 5.83. The number of hydrogen-bond acceptors (Lipinski definition) is 4. The summed E-state index contributed by atoms with van der Waals surface area (Å²) < 4.78 is 0. The summed E-state index contributed by atoms with van der Waals surface area (Å²) >= 11 is 0. The topological polar surface area (TPSA) is 60.2 Å². The van der Waals surface area contributed by atoms with Crippen LogP contribution in [0.2, 0.25) is 0 Å². The molecule has 1 saturated heterocycles. The Hall–Kier alpha value is -1.59. The van der Waals surface area contributed by atoms with Gasteiger partial charge in [-0.15, -0.1) is 10.2 Å². The van der Waals surface area contributed by atoms with E-state index < -0.39 is 0 Å². The number of likely N-dealkylation sites (tertiary alicyclic amines) is 1. The number of aromatic nitrogens is 3. The first-order valence-electron chi connectivity index (χ1n) is 5.00. The normalized spacial score (nSPS) is 16.6.